The first-order valence-electron chi connectivity index (χ1n) is 9.51. The average Bonchev–Trinajstić information content (AvgIpc) is 3.29. The van der Waals surface area contributed by atoms with Gasteiger partial charge in [0.15, 0.2) is 5.82 Å². The van der Waals surface area contributed by atoms with E-state index in [4.69, 9.17) is 4.74 Å². The Kier molecular flexibility index (Phi) is 6.41. The van der Waals surface area contributed by atoms with Gasteiger partial charge in [0, 0.05) is 32.2 Å². The van der Waals surface area contributed by atoms with Gasteiger partial charge in [-0.1, -0.05) is 44.2 Å². The molecule has 0 bridgehead atoms. The summed E-state index contributed by atoms with van der Waals surface area (Å²) in [6.07, 6.45) is 0.483. The molecule has 1 aliphatic rings. The molecule has 2 heterocycles. The van der Waals surface area contributed by atoms with E-state index in [1.165, 1.54) is 7.11 Å². The number of benzene rings is 1. The number of hydrogen-bond donors (Lipinski definition) is 2. The van der Waals surface area contributed by atoms with E-state index in [0.717, 1.165) is 5.56 Å². The van der Waals surface area contributed by atoms with Crippen molar-refractivity contribution in [2.45, 2.75) is 32.2 Å². The van der Waals surface area contributed by atoms with Gasteiger partial charge in [-0.25, -0.2) is 4.98 Å². The fourth-order valence-corrected chi connectivity index (χ4v) is 3.45. The Labute approximate surface area is 164 Å². The maximum absolute atomic E-state index is 12.6. The molecule has 2 N–H and O–H groups in total. The molecule has 2 aromatic rings. The van der Waals surface area contributed by atoms with Crippen LogP contribution in [0.1, 0.15) is 32.0 Å². The highest BCUT2D eigenvalue weighted by Crippen LogP contribution is 2.28. The van der Waals surface area contributed by atoms with Crippen LogP contribution in [0.5, 0.6) is 0 Å². The minimum atomic E-state index is -0.240. The normalized spacial score (nSPS) is 19.2. The van der Waals surface area contributed by atoms with Crippen LogP contribution in [-0.2, 0) is 14.3 Å². The lowest BCUT2D eigenvalue weighted by Gasteiger charge is -2.18. The summed E-state index contributed by atoms with van der Waals surface area (Å²) in [4.78, 5) is 31.1. The van der Waals surface area contributed by atoms with Crippen LogP contribution in [0.3, 0.4) is 0 Å². The molecule has 1 fully saturated rings. The molecule has 3 rings (SSSR count). The van der Waals surface area contributed by atoms with Gasteiger partial charge in [0.2, 0.25) is 11.8 Å². The molecule has 2 unspecified atom stereocenters. The summed E-state index contributed by atoms with van der Waals surface area (Å²) in [6, 6.07) is 9.45. The Morgan fingerprint density at radius 2 is 2.04 bits per heavy atom. The van der Waals surface area contributed by atoms with Crippen molar-refractivity contribution in [1.82, 2.24) is 25.4 Å². The lowest BCUT2D eigenvalue weighted by molar-refractivity contribution is -0.131. The lowest BCUT2D eigenvalue weighted by atomic mass is 10.0. The number of ether oxygens (including phenoxy) is 1. The highest BCUT2D eigenvalue weighted by atomic mass is 16.5. The summed E-state index contributed by atoms with van der Waals surface area (Å²) in [6.45, 7) is 4.96. The van der Waals surface area contributed by atoms with Crippen LogP contribution in [0, 0.1) is 5.92 Å². The molecular weight excluding hydrogens is 358 g/mol. The Hall–Kier alpha value is -2.74. The number of aromatic nitrogens is 3. The number of carbonyl (C=O) groups is 2. The first kappa shape index (κ1) is 20.0. The number of amides is 2. The van der Waals surface area contributed by atoms with Crippen molar-refractivity contribution < 1.29 is 14.3 Å². The second-order valence-corrected chi connectivity index (χ2v) is 7.52. The van der Waals surface area contributed by atoms with Crippen molar-refractivity contribution >= 4 is 11.8 Å². The molecule has 8 heteroatoms. The molecule has 2 atom stereocenters. The van der Waals surface area contributed by atoms with Crippen LogP contribution < -0.4 is 5.32 Å². The molecule has 0 aliphatic carbocycles. The average molecular weight is 385 g/mol. The Morgan fingerprint density at radius 3 is 2.71 bits per heavy atom. The molecule has 0 saturated carbocycles. The number of hydrogen-bond acceptors (Lipinski definition) is 5. The van der Waals surface area contributed by atoms with Gasteiger partial charge >= 0.3 is 0 Å². The van der Waals surface area contributed by atoms with Crippen molar-refractivity contribution in [3.8, 4) is 11.4 Å². The van der Waals surface area contributed by atoms with E-state index in [1.807, 2.05) is 44.2 Å². The van der Waals surface area contributed by atoms with Gasteiger partial charge in [-0.3, -0.25) is 14.7 Å². The van der Waals surface area contributed by atoms with E-state index in [9.17, 15) is 9.59 Å². The van der Waals surface area contributed by atoms with E-state index in [1.54, 1.807) is 4.90 Å². The minimum absolute atomic E-state index is 0.0190. The molecule has 1 aliphatic heterocycles. The lowest BCUT2D eigenvalue weighted by Crippen LogP contribution is -2.42. The van der Waals surface area contributed by atoms with E-state index >= 15 is 0 Å². The largest absolute Gasteiger partial charge is 0.375 e. The first-order valence-corrected chi connectivity index (χ1v) is 9.51. The van der Waals surface area contributed by atoms with E-state index < -0.39 is 0 Å². The maximum atomic E-state index is 12.6. The Bertz CT molecular complexity index is 805. The molecule has 1 aromatic carbocycles. The Morgan fingerprint density at radius 1 is 1.29 bits per heavy atom. The number of methoxy groups -OCH3 is 1. The van der Waals surface area contributed by atoms with Crippen LogP contribution in [0.15, 0.2) is 30.3 Å². The van der Waals surface area contributed by atoms with Gasteiger partial charge in [-0.15, -0.1) is 0 Å². The second kappa shape index (κ2) is 8.97. The minimum Gasteiger partial charge on any atom is -0.375 e. The van der Waals surface area contributed by atoms with Crippen molar-refractivity contribution in [2.24, 2.45) is 5.92 Å². The summed E-state index contributed by atoms with van der Waals surface area (Å²) in [5, 5.41) is 10.3. The van der Waals surface area contributed by atoms with Gasteiger partial charge in [0.1, 0.15) is 12.4 Å². The van der Waals surface area contributed by atoms with E-state index in [-0.39, 0.29) is 36.3 Å². The van der Waals surface area contributed by atoms with Crippen molar-refractivity contribution in [1.29, 1.82) is 0 Å². The predicted octanol–water partition coefficient (Wildman–Crippen LogP) is 1.57. The summed E-state index contributed by atoms with van der Waals surface area (Å²) in [5.41, 5.74) is 0.913. The predicted molar refractivity (Wildman–Crippen MR) is 104 cm³/mol. The topological polar surface area (TPSA) is 100 Å². The molecule has 1 saturated heterocycles. The summed E-state index contributed by atoms with van der Waals surface area (Å²) in [5.74, 6) is 1.28. The molecule has 8 nitrogen and oxygen atoms in total. The second-order valence-electron chi connectivity index (χ2n) is 7.52. The monoisotopic (exact) mass is 385 g/mol. The van der Waals surface area contributed by atoms with Crippen LogP contribution in [-0.4, -0.2) is 64.7 Å². The number of nitrogens with one attached hydrogen (secondary N) is 2. The number of H-pyrrole nitrogens is 1. The third-order valence-electron chi connectivity index (χ3n) is 4.76. The smallest absolute Gasteiger partial charge is 0.246 e. The first-order chi connectivity index (χ1) is 13.5. The van der Waals surface area contributed by atoms with E-state index in [2.05, 4.69) is 20.5 Å². The Balaban J connectivity index is 1.80. The van der Waals surface area contributed by atoms with Crippen LogP contribution >= 0.6 is 0 Å². The van der Waals surface area contributed by atoms with Gasteiger partial charge in [-0.05, 0) is 5.92 Å². The highest BCUT2D eigenvalue weighted by Gasteiger charge is 2.39. The molecular formula is C20H27N5O3. The summed E-state index contributed by atoms with van der Waals surface area (Å²) in [7, 11) is 1.48. The van der Waals surface area contributed by atoms with Crippen molar-refractivity contribution in [3.63, 3.8) is 0 Å². The molecule has 28 heavy (non-hydrogen) atoms. The third kappa shape index (κ3) is 4.75. The van der Waals surface area contributed by atoms with Crippen LogP contribution in [0.25, 0.3) is 11.4 Å². The number of likely N-dealkylation sites (tertiary alicyclic amines) is 1. The SMILES string of the molecule is COCC(=O)NC1CN(C(=O)CC(C)C)CC1c1nc(-c2ccccc2)n[nH]1. The van der Waals surface area contributed by atoms with Gasteiger partial charge in [0.05, 0.1) is 12.0 Å². The van der Waals surface area contributed by atoms with E-state index in [0.29, 0.717) is 31.2 Å². The van der Waals surface area contributed by atoms with Crippen LogP contribution in [0.4, 0.5) is 0 Å². The van der Waals surface area contributed by atoms with Crippen molar-refractivity contribution in [2.75, 3.05) is 26.8 Å². The molecule has 0 spiro atoms. The fourth-order valence-electron chi connectivity index (χ4n) is 3.45. The standard InChI is InChI=1S/C20H27N5O3/c1-13(2)9-18(27)25-10-15(16(11-25)21-17(26)12-28-3)20-22-19(23-24-20)14-7-5-4-6-8-14/h4-8,13,15-16H,9-12H2,1-3H3,(H,21,26)(H,22,23,24). The zero-order valence-electron chi connectivity index (χ0n) is 16.5. The summed E-state index contributed by atoms with van der Waals surface area (Å²) >= 11 is 0. The number of aromatic amines is 1. The molecule has 0 radical (unpaired) electrons. The van der Waals surface area contributed by atoms with Gasteiger partial charge in [0.25, 0.3) is 0 Å². The van der Waals surface area contributed by atoms with Crippen LogP contribution in [0.2, 0.25) is 0 Å². The maximum Gasteiger partial charge on any atom is 0.246 e. The number of nitrogens with zero attached hydrogens (tertiary/aromatic N) is 3. The zero-order chi connectivity index (χ0) is 20.1. The highest BCUT2D eigenvalue weighted by molar-refractivity contribution is 5.79. The number of rotatable bonds is 7. The van der Waals surface area contributed by atoms with Gasteiger partial charge < -0.3 is 15.0 Å². The zero-order valence-corrected chi connectivity index (χ0v) is 16.5. The molecule has 150 valence electrons. The molecule has 2 amide bonds. The van der Waals surface area contributed by atoms with Gasteiger partial charge in [-0.2, -0.15) is 5.10 Å². The molecule has 1 aromatic heterocycles. The van der Waals surface area contributed by atoms with Crippen molar-refractivity contribution in [3.05, 3.63) is 36.2 Å². The quantitative estimate of drug-likeness (QED) is 0.754. The fraction of sp³-hybridized carbons (Fsp3) is 0.500. The number of carbonyl (C=O) groups excluding carboxylic acids is 2. The summed E-state index contributed by atoms with van der Waals surface area (Å²) < 4.78 is 4.92. The third-order valence-corrected chi connectivity index (χ3v) is 4.76.